The van der Waals surface area contributed by atoms with Gasteiger partial charge in [0.15, 0.2) is 17.3 Å². The molecule has 5 rings (SSSR count). The number of benzene rings is 2. The lowest BCUT2D eigenvalue weighted by atomic mass is 10.1. The quantitative estimate of drug-likeness (QED) is 0.230. The van der Waals surface area contributed by atoms with Crippen LogP contribution in [0.4, 0.5) is 5.82 Å². The number of nitrogens with zero attached hydrogens (tertiary/aromatic N) is 3. The predicted octanol–water partition coefficient (Wildman–Crippen LogP) is 4.45. The standard InChI is InChI=1S/C21H14IN3O4S/c26-16-7-14-12(6-19(28)29-18(14)8-17(16)27)10-30-20-15-9-24-25(21(15)23-11-22-20)13-4-2-1-3-5-13/h1-9,11,26-27H,10H2. The molecular weight excluding hydrogens is 517 g/mol. The van der Waals surface area contributed by atoms with Gasteiger partial charge < -0.3 is 14.6 Å². The minimum Gasteiger partial charge on any atom is -0.504 e. The number of halogens is 1. The maximum atomic E-state index is 12.0. The van der Waals surface area contributed by atoms with Crippen molar-refractivity contribution in [3.05, 3.63) is 76.3 Å². The minimum absolute atomic E-state index is 0.246. The summed E-state index contributed by atoms with van der Waals surface area (Å²) >= 11 is 1.22. The first-order valence-corrected chi connectivity index (χ1v) is 12.2. The molecule has 0 amide bonds. The Morgan fingerprint density at radius 1 is 1.10 bits per heavy atom. The lowest BCUT2D eigenvalue weighted by molar-refractivity contribution is 0.403. The first kappa shape index (κ1) is 19.1. The molecule has 0 radical (unpaired) electrons. The van der Waals surface area contributed by atoms with E-state index >= 15 is 0 Å². The zero-order valence-electron chi connectivity index (χ0n) is 15.3. The monoisotopic (exact) mass is 531 g/mol. The van der Waals surface area contributed by atoms with Crippen molar-refractivity contribution in [2.45, 2.75) is 5.75 Å². The molecule has 0 saturated heterocycles. The molecule has 1 aliphatic rings. The zero-order valence-corrected chi connectivity index (χ0v) is 18.3. The summed E-state index contributed by atoms with van der Waals surface area (Å²) in [5, 5.41) is 24.7. The largest absolute Gasteiger partial charge is 0.504 e. The van der Waals surface area contributed by atoms with Gasteiger partial charge in [-0.05, 0) is 23.8 Å². The first-order chi connectivity index (χ1) is 14.6. The third-order valence-electron chi connectivity index (χ3n) is 4.56. The van der Waals surface area contributed by atoms with Crippen LogP contribution in [-0.4, -0.2) is 27.1 Å². The van der Waals surface area contributed by atoms with Crippen molar-refractivity contribution in [2.24, 2.45) is 4.99 Å². The third-order valence-corrected chi connectivity index (χ3v) is 8.72. The van der Waals surface area contributed by atoms with E-state index in [2.05, 4.69) is 10.1 Å². The Balaban J connectivity index is 1.47. The van der Waals surface area contributed by atoms with E-state index in [1.54, 1.807) is 11.8 Å². The molecule has 0 spiro atoms. The van der Waals surface area contributed by atoms with Crippen molar-refractivity contribution in [3.63, 3.8) is 0 Å². The van der Waals surface area contributed by atoms with Gasteiger partial charge in [0.1, 0.15) is 5.58 Å². The highest BCUT2D eigenvalue weighted by Gasteiger charge is 2.19. The van der Waals surface area contributed by atoms with Gasteiger partial charge in [0.2, 0.25) is 0 Å². The molecule has 150 valence electrons. The van der Waals surface area contributed by atoms with E-state index in [1.165, 1.54) is 21.0 Å². The second kappa shape index (κ2) is 7.73. The van der Waals surface area contributed by atoms with Crippen LogP contribution < -0.4 is 5.63 Å². The van der Waals surface area contributed by atoms with E-state index < -0.39 is 26.4 Å². The maximum Gasteiger partial charge on any atom is 0.336 e. The molecule has 0 unspecified atom stereocenters. The van der Waals surface area contributed by atoms with Gasteiger partial charge >= 0.3 is 5.63 Å². The van der Waals surface area contributed by atoms with Crippen LogP contribution in [0.5, 0.6) is 11.5 Å². The van der Waals surface area contributed by atoms with Crippen molar-refractivity contribution in [1.29, 1.82) is 0 Å². The van der Waals surface area contributed by atoms with Crippen LogP contribution in [0.1, 0.15) is 11.1 Å². The number of phenols is 2. The van der Waals surface area contributed by atoms with Gasteiger partial charge in [-0.15, -0.1) is 11.8 Å². The average Bonchev–Trinajstić information content (AvgIpc) is 3.19. The van der Waals surface area contributed by atoms with Crippen molar-refractivity contribution in [1.82, 2.24) is 9.78 Å². The zero-order chi connectivity index (χ0) is 20.7. The van der Waals surface area contributed by atoms with E-state index in [1.807, 2.05) is 45.4 Å². The van der Waals surface area contributed by atoms with Crippen LogP contribution in [0.15, 0.2) is 68.9 Å². The van der Waals surface area contributed by atoms with E-state index in [-0.39, 0.29) is 17.1 Å². The van der Waals surface area contributed by atoms with Crippen LogP contribution in [0.2, 0.25) is 0 Å². The highest BCUT2D eigenvalue weighted by molar-refractivity contribution is 14.2. The number of hydrogen-bond donors (Lipinski definition) is 2. The summed E-state index contributed by atoms with van der Waals surface area (Å²) < 4.78 is 10.2. The van der Waals surface area contributed by atoms with E-state index in [0.29, 0.717) is 11.1 Å². The third kappa shape index (κ3) is 3.43. The predicted molar refractivity (Wildman–Crippen MR) is 127 cm³/mol. The Morgan fingerprint density at radius 3 is 2.73 bits per heavy atom. The number of thioether (sulfide) groups is 1. The van der Waals surface area contributed by atoms with Gasteiger partial charge in [-0.25, -0.2) is 14.5 Å². The number of phenolic OH excluding ortho intramolecular Hbond substituents is 2. The van der Waals surface area contributed by atoms with Crippen LogP contribution in [0.3, 0.4) is 0 Å². The highest BCUT2D eigenvalue weighted by Crippen LogP contribution is 2.36. The van der Waals surface area contributed by atoms with Crippen LogP contribution in [-0.2, 0) is 5.75 Å². The Morgan fingerprint density at radius 2 is 1.90 bits per heavy atom. The summed E-state index contributed by atoms with van der Waals surface area (Å²) in [4.78, 5) is 16.5. The second-order valence-corrected chi connectivity index (χ2v) is 10.4. The number of rotatable bonds is 4. The number of aromatic nitrogens is 2. The fourth-order valence-electron chi connectivity index (χ4n) is 3.16. The number of aromatic hydroxyl groups is 2. The molecule has 4 aromatic rings. The highest BCUT2D eigenvalue weighted by atomic mass is 127. The molecule has 0 saturated carbocycles. The summed E-state index contributed by atoms with van der Waals surface area (Å²) in [5.74, 6) is 0.747. The van der Waals surface area contributed by atoms with Crippen molar-refractivity contribution in [3.8, 4) is 17.2 Å². The molecule has 30 heavy (non-hydrogen) atoms. The normalized spacial score (nSPS) is 13.0. The van der Waals surface area contributed by atoms with Crippen molar-refractivity contribution < 1.29 is 14.6 Å². The minimum atomic E-state index is -0.495. The Bertz CT molecular complexity index is 1390. The van der Waals surface area contributed by atoms with Gasteiger partial charge in [0, 0.05) is 23.3 Å². The van der Waals surface area contributed by atoms with E-state index in [4.69, 9.17) is 4.42 Å². The molecule has 2 aromatic carbocycles. The lowest BCUT2D eigenvalue weighted by Crippen LogP contribution is -2.02. The molecule has 1 aliphatic heterocycles. The SMILES string of the molecule is O=c1cc(CSC2=IC=Nc3c2cnn3-c2ccccc2)c2cc(O)c(O)cc2o1. The lowest BCUT2D eigenvalue weighted by Gasteiger charge is -2.11. The van der Waals surface area contributed by atoms with Crippen molar-refractivity contribution >= 4 is 56.3 Å². The molecule has 0 atom stereocenters. The summed E-state index contributed by atoms with van der Waals surface area (Å²) in [6.45, 7) is 0. The average molecular weight is 531 g/mol. The van der Waals surface area contributed by atoms with Gasteiger partial charge in [-0.3, -0.25) is 0 Å². The Labute approximate surface area is 184 Å². The number of para-hydroxylation sites is 1. The molecular formula is C21H14IN3O4S. The van der Waals surface area contributed by atoms with Gasteiger partial charge in [-0.1, -0.05) is 38.9 Å². The maximum absolute atomic E-state index is 12.0. The fraction of sp³-hybridized carbons (Fsp3) is 0.0476. The van der Waals surface area contributed by atoms with Crippen LogP contribution in [0, 0.1) is 0 Å². The van der Waals surface area contributed by atoms with E-state index in [0.717, 1.165) is 22.6 Å². The Kier molecular flexibility index (Phi) is 4.91. The molecule has 2 aromatic heterocycles. The summed E-state index contributed by atoms with van der Waals surface area (Å²) in [6, 6.07) is 14.0. The molecule has 7 nitrogen and oxygen atoms in total. The smallest absolute Gasteiger partial charge is 0.336 e. The second-order valence-electron chi connectivity index (χ2n) is 6.46. The molecule has 3 heterocycles. The van der Waals surface area contributed by atoms with E-state index in [9.17, 15) is 15.0 Å². The number of fused-ring (bicyclic) bond motifs is 2. The van der Waals surface area contributed by atoms with Gasteiger partial charge in [-0.2, -0.15) is 5.10 Å². The molecule has 0 aliphatic carbocycles. The number of aliphatic imine (C=N–C) groups is 1. The van der Waals surface area contributed by atoms with Gasteiger partial charge in [0.05, 0.1) is 24.5 Å². The van der Waals surface area contributed by atoms with Crippen LogP contribution >= 0.6 is 32.5 Å². The fourth-order valence-corrected chi connectivity index (χ4v) is 6.69. The first-order valence-electron chi connectivity index (χ1n) is 8.88. The van der Waals surface area contributed by atoms with Crippen molar-refractivity contribution in [2.75, 3.05) is 0 Å². The topological polar surface area (TPSA) is 101 Å². The summed E-state index contributed by atoms with van der Waals surface area (Å²) in [5.41, 5.74) is 2.44. The van der Waals surface area contributed by atoms with Gasteiger partial charge in [0.25, 0.3) is 0 Å². The molecule has 0 fully saturated rings. The van der Waals surface area contributed by atoms with Crippen LogP contribution in [0.25, 0.3) is 16.7 Å². The molecule has 9 heteroatoms. The summed E-state index contributed by atoms with van der Waals surface area (Å²) in [6.07, 6.45) is 1.84. The Hall–Kier alpha value is -2.92. The molecule has 2 N–H and O–H groups in total. The number of hydrogen-bond acceptors (Lipinski definition) is 7. The summed E-state index contributed by atoms with van der Waals surface area (Å²) in [7, 11) is 0. The molecule has 0 bridgehead atoms.